The minimum absolute atomic E-state index is 0.0331. The molecule has 0 N–H and O–H groups in total. The smallest absolute Gasteiger partial charge is 0.270 e. The third kappa shape index (κ3) is 4.92. The molecular weight excluding hydrogens is 324 g/mol. The molecule has 0 unspecified atom stereocenters. The van der Waals surface area contributed by atoms with Gasteiger partial charge in [0.15, 0.2) is 0 Å². The van der Waals surface area contributed by atoms with Crippen molar-refractivity contribution >= 4 is 21.8 Å². The molecule has 0 aliphatic carbocycles. The topological polar surface area (TPSA) is 43.7 Å². The lowest BCUT2D eigenvalue weighted by molar-refractivity contribution is 0.0664. The van der Waals surface area contributed by atoms with E-state index in [2.05, 4.69) is 15.9 Å². The van der Waals surface area contributed by atoms with Gasteiger partial charge in [-0.1, -0.05) is 0 Å². The van der Waals surface area contributed by atoms with E-state index in [0.29, 0.717) is 32.0 Å². The average molecular weight is 347 g/mol. The van der Waals surface area contributed by atoms with Gasteiger partial charge in [0.05, 0.1) is 6.61 Å². The van der Waals surface area contributed by atoms with Crippen molar-refractivity contribution in [3.63, 3.8) is 0 Å². The van der Waals surface area contributed by atoms with E-state index >= 15 is 0 Å². The lowest BCUT2D eigenvalue weighted by Gasteiger charge is -2.22. The third-order valence-corrected chi connectivity index (χ3v) is 3.49. The zero-order chi connectivity index (χ0) is 15.0. The highest BCUT2D eigenvalue weighted by Crippen LogP contribution is 2.17. The minimum Gasteiger partial charge on any atom is -0.385 e. The first-order valence-corrected chi connectivity index (χ1v) is 7.56. The van der Waals surface area contributed by atoms with Crippen LogP contribution < -0.4 is 0 Å². The van der Waals surface area contributed by atoms with Gasteiger partial charge in [-0.3, -0.25) is 4.79 Å². The molecule has 0 aliphatic rings. The van der Waals surface area contributed by atoms with Crippen molar-refractivity contribution in [1.29, 1.82) is 0 Å². The predicted molar refractivity (Wildman–Crippen MR) is 82.1 cm³/mol. The van der Waals surface area contributed by atoms with Gasteiger partial charge in [-0.25, -0.2) is 0 Å². The lowest BCUT2D eigenvalue weighted by atomic mass is 10.3. The Morgan fingerprint density at radius 2 is 2.00 bits per heavy atom. The number of amides is 1. The Morgan fingerprint density at radius 1 is 1.30 bits per heavy atom. The second-order valence-electron chi connectivity index (χ2n) is 4.46. The number of methoxy groups -OCH3 is 2. The number of carbonyl (C=O) groups is 1. The van der Waals surface area contributed by atoms with Crippen LogP contribution in [-0.2, 0) is 16.0 Å². The summed E-state index contributed by atoms with van der Waals surface area (Å²) in [5.41, 5.74) is 0.702. The molecule has 5 nitrogen and oxygen atoms in total. The molecule has 1 aromatic rings. The van der Waals surface area contributed by atoms with Crippen molar-refractivity contribution in [2.75, 3.05) is 40.5 Å². The standard InChI is InChI=1S/C14H23BrN2O3/c1-4-16-11-12(15)10-13(16)14(18)17(7-9-20-3)6-5-8-19-2/h10-11H,4-9H2,1-3H3. The van der Waals surface area contributed by atoms with Crippen molar-refractivity contribution in [3.8, 4) is 0 Å². The van der Waals surface area contributed by atoms with Gasteiger partial charge >= 0.3 is 0 Å². The SMILES string of the molecule is CCn1cc(Br)cc1C(=O)N(CCCOC)CCOC. The van der Waals surface area contributed by atoms with Gasteiger partial charge in [0, 0.05) is 51.1 Å². The molecule has 1 heterocycles. The summed E-state index contributed by atoms with van der Waals surface area (Å²) < 4.78 is 13.0. The van der Waals surface area contributed by atoms with Crippen LogP contribution in [0.25, 0.3) is 0 Å². The normalized spacial score (nSPS) is 10.8. The van der Waals surface area contributed by atoms with Crippen molar-refractivity contribution in [3.05, 3.63) is 22.4 Å². The van der Waals surface area contributed by atoms with Crippen molar-refractivity contribution in [2.24, 2.45) is 0 Å². The second kappa shape index (κ2) is 9.15. The Hall–Kier alpha value is -0.850. The zero-order valence-electron chi connectivity index (χ0n) is 12.4. The van der Waals surface area contributed by atoms with E-state index in [1.165, 1.54) is 0 Å². The quantitative estimate of drug-likeness (QED) is 0.645. The van der Waals surface area contributed by atoms with Crippen LogP contribution in [0.2, 0.25) is 0 Å². The molecule has 6 heteroatoms. The number of hydrogen-bond donors (Lipinski definition) is 0. The molecule has 0 saturated heterocycles. The summed E-state index contributed by atoms with van der Waals surface area (Å²) in [5, 5.41) is 0. The maximum atomic E-state index is 12.6. The number of rotatable bonds is 9. The highest BCUT2D eigenvalue weighted by atomic mass is 79.9. The summed E-state index contributed by atoms with van der Waals surface area (Å²) in [4.78, 5) is 14.4. The van der Waals surface area contributed by atoms with Crippen LogP contribution in [-0.4, -0.2) is 55.9 Å². The van der Waals surface area contributed by atoms with Crippen LogP contribution in [0.3, 0.4) is 0 Å². The van der Waals surface area contributed by atoms with E-state index < -0.39 is 0 Å². The van der Waals surface area contributed by atoms with Gasteiger partial charge in [-0.2, -0.15) is 0 Å². The van der Waals surface area contributed by atoms with E-state index in [1.807, 2.05) is 28.7 Å². The number of aromatic nitrogens is 1. The van der Waals surface area contributed by atoms with Crippen molar-refractivity contribution in [2.45, 2.75) is 19.9 Å². The lowest BCUT2D eigenvalue weighted by Crippen LogP contribution is -2.36. The number of aryl methyl sites for hydroxylation is 1. The van der Waals surface area contributed by atoms with Crippen molar-refractivity contribution < 1.29 is 14.3 Å². The van der Waals surface area contributed by atoms with Gasteiger partial charge in [0.25, 0.3) is 5.91 Å². The molecule has 0 saturated carbocycles. The fourth-order valence-electron chi connectivity index (χ4n) is 1.99. The van der Waals surface area contributed by atoms with E-state index in [0.717, 1.165) is 17.4 Å². The molecule has 0 bridgehead atoms. The maximum absolute atomic E-state index is 12.6. The van der Waals surface area contributed by atoms with E-state index in [1.54, 1.807) is 14.2 Å². The molecule has 114 valence electrons. The highest BCUT2D eigenvalue weighted by molar-refractivity contribution is 9.10. The van der Waals surface area contributed by atoms with Gasteiger partial charge in [-0.15, -0.1) is 0 Å². The number of nitrogens with zero attached hydrogens (tertiary/aromatic N) is 2. The summed E-state index contributed by atoms with van der Waals surface area (Å²) in [6.45, 7) is 5.23. The molecule has 20 heavy (non-hydrogen) atoms. The summed E-state index contributed by atoms with van der Waals surface area (Å²) >= 11 is 3.42. The third-order valence-electron chi connectivity index (χ3n) is 3.05. The predicted octanol–water partition coefficient (Wildman–Crippen LogP) is 2.40. The minimum atomic E-state index is 0.0331. The number of carbonyl (C=O) groups excluding carboxylic acids is 1. The maximum Gasteiger partial charge on any atom is 0.270 e. The molecule has 1 rings (SSSR count). The average Bonchev–Trinajstić information content (AvgIpc) is 2.83. The van der Waals surface area contributed by atoms with Gasteiger partial charge < -0.3 is 18.9 Å². The van der Waals surface area contributed by atoms with Crippen LogP contribution >= 0.6 is 15.9 Å². The van der Waals surface area contributed by atoms with Crippen LogP contribution in [0, 0.1) is 0 Å². The zero-order valence-corrected chi connectivity index (χ0v) is 14.0. The van der Waals surface area contributed by atoms with Crippen LogP contribution in [0.4, 0.5) is 0 Å². The summed E-state index contributed by atoms with van der Waals surface area (Å²) in [5.74, 6) is 0.0331. The molecule has 0 fully saturated rings. The highest BCUT2D eigenvalue weighted by Gasteiger charge is 2.19. The van der Waals surface area contributed by atoms with E-state index in [4.69, 9.17) is 9.47 Å². The molecule has 1 aromatic heterocycles. The molecule has 1 amide bonds. The monoisotopic (exact) mass is 346 g/mol. The largest absolute Gasteiger partial charge is 0.385 e. The van der Waals surface area contributed by atoms with Crippen LogP contribution in [0.5, 0.6) is 0 Å². The van der Waals surface area contributed by atoms with Gasteiger partial charge in [-0.05, 0) is 35.3 Å². The Morgan fingerprint density at radius 3 is 2.60 bits per heavy atom. The first-order valence-electron chi connectivity index (χ1n) is 6.76. The summed E-state index contributed by atoms with van der Waals surface area (Å²) in [6, 6.07) is 1.86. The van der Waals surface area contributed by atoms with Crippen LogP contribution in [0.15, 0.2) is 16.7 Å². The Bertz CT molecular complexity index is 421. The first kappa shape index (κ1) is 17.2. The molecule has 0 spiro atoms. The summed E-state index contributed by atoms with van der Waals surface area (Å²) in [7, 11) is 3.31. The number of hydrogen-bond acceptors (Lipinski definition) is 3. The van der Waals surface area contributed by atoms with Gasteiger partial charge in [0.2, 0.25) is 0 Å². The number of ether oxygens (including phenoxy) is 2. The Kier molecular flexibility index (Phi) is 7.87. The summed E-state index contributed by atoms with van der Waals surface area (Å²) in [6.07, 6.45) is 2.75. The molecule has 0 atom stereocenters. The molecule has 0 aliphatic heterocycles. The Balaban J connectivity index is 2.79. The molecule has 0 aromatic carbocycles. The van der Waals surface area contributed by atoms with Crippen molar-refractivity contribution in [1.82, 2.24) is 9.47 Å². The number of halogens is 1. The second-order valence-corrected chi connectivity index (χ2v) is 5.38. The van der Waals surface area contributed by atoms with E-state index in [-0.39, 0.29) is 5.91 Å². The van der Waals surface area contributed by atoms with E-state index in [9.17, 15) is 4.79 Å². The molecular formula is C14H23BrN2O3. The Labute approximate surface area is 129 Å². The van der Waals surface area contributed by atoms with Crippen LogP contribution in [0.1, 0.15) is 23.8 Å². The first-order chi connectivity index (χ1) is 9.63. The fourth-order valence-corrected chi connectivity index (χ4v) is 2.46. The molecule has 0 radical (unpaired) electrons. The fraction of sp³-hybridized carbons (Fsp3) is 0.643. The van der Waals surface area contributed by atoms with Gasteiger partial charge in [0.1, 0.15) is 5.69 Å².